The Balaban J connectivity index is 1.94. The SMILES string of the molecule is CC(C)C(NC(=O)c1c(F)cccc1F)C(=O)N(C)CCCOc1cccc(S(C)(=O)=O)c1. The minimum Gasteiger partial charge on any atom is -0.493 e. The fraction of sp³-hybridized carbons (Fsp3) is 0.391. The molecule has 1 unspecified atom stereocenters. The van der Waals surface area contributed by atoms with Crippen molar-refractivity contribution < 1.29 is 31.5 Å². The zero-order valence-corrected chi connectivity index (χ0v) is 19.8. The van der Waals surface area contributed by atoms with Crippen molar-refractivity contribution in [3.63, 3.8) is 0 Å². The van der Waals surface area contributed by atoms with Gasteiger partial charge in [0.1, 0.15) is 29.0 Å². The number of halogens is 2. The Morgan fingerprint density at radius 1 is 1.09 bits per heavy atom. The van der Waals surface area contributed by atoms with Crippen LogP contribution in [0.2, 0.25) is 0 Å². The van der Waals surface area contributed by atoms with Crippen molar-refractivity contribution in [3.05, 3.63) is 59.7 Å². The average Bonchev–Trinajstić information content (AvgIpc) is 2.73. The Morgan fingerprint density at radius 2 is 1.70 bits per heavy atom. The van der Waals surface area contributed by atoms with Crippen LogP contribution in [-0.4, -0.2) is 57.6 Å². The van der Waals surface area contributed by atoms with Gasteiger partial charge in [-0.25, -0.2) is 17.2 Å². The second kappa shape index (κ2) is 11.2. The van der Waals surface area contributed by atoms with Gasteiger partial charge in [-0.15, -0.1) is 0 Å². The van der Waals surface area contributed by atoms with Crippen LogP contribution in [0.3, 0.4) is 0 Å². The molecule has 0 aromatic heterocycles. The lowest BCUT2D eigenvalue weighted by molar-refractivity contribution is -0.133. The van der Waals surface area contributed by atoms with Crippen molar-refractivity contribution in [3.8, 4) is 5.75 Å². The Hall–Kier alpha value is -3.01. The number of hydrogen-bond donors (Lipinski definition) is 1. The molecule has 0 heterocycles. The number of hydrogen-bond acceptors (Lipinski definition) is 5. The molecule has 1 atom stereocenters. The summed E-state index contributed by atoms with van der Waals surface area (Å²) in [5.74, 6) is -3.35. The molecule has 7 nitrogen and oxygen atoms in total. The summed E-state index contributed by atoms with van der Waals surface area (Å²) in [5.41, 5.74) is -0.733. The number of carbonyl (C=O) groups excluding carboxylic acids is 2. The van der Waals surface area contributed by atoms with Gasteiger partial charge < -0.3 is 15.0 Å². The molecule has 2 amide bonds. The molecule has 0 aliphatic carbocycles. The molecule has 1 N–H and O–H groups in total. The molecule has 0 radical (unpaired) electrons. The molecule has 0 aliphatic heterocycles. The fourth-order valence-corrected chi connectivity index (χ4v) is 3.73. The molecular weight excluding hydrogens is 454 g/mol. The number of amides is 2. The zero-order chi connectivity index (χ0) is 24.8. The maximum Gasteiger partial charge on any atom is 0.257 e. The van der Waals surface area contributed by atoms with Gasteiger partial charge in [-0.3, -0.25) is 9.59 Å². The van der Waals surface area contributed by atoms with Gasteiger partial charge in [-0.2, -0.15) is 0 Å². The van der Waals surface area contributed by atoms with Crippen molar-refractivity contribution in [2.45, 2.75) is 31.2 Å². The van der Waals surface area contributed by atoms with Crippen molar-refractivity contribution >= 4 is 21.7 Å². The predicted molar refractivity (Wildman–Crippen MR) is 120 cm³/mol. The van der Waals surface area contributed by atoms with Crippen LogP contribution in [0.5, 0.6) is 5.75 Å². The summed E-state index contributed by atoms with van der Waals surface area (Å²) in [6, 6.07) is 8.24. The summed E-state index contributed by atoms with van der Waals surface area (Å²) in [6.07, 6.45) is 1.54. The normalized spacial score (nSPS) is 12.3. The van der Waals surface area contributed by atoms with Crippen LogP contribution in [-0.2, 0) is 14.6 Å². The van der Waals surface area contributed by atoms with E-state index in [1.165, 1.54) is 17.0 Å². The van der Waals surface area contributed by atoms with E-state index in [-0.39, 0.29) is 24.0 Å². The van der Waals surface area contributed by atoms with E-state index in [1.54, 1.807) is 33.0 Å². The van der Waals surface area contributed by atoms with Crippen molar-refractivity contribution in [1.29, 1.82) is 0 Å². The Bertz CT molecular complexity index is 1090. The third-order valence-corrected chi connectivity index (χ3v) is 6.04. The van der Waals surface area contributed by atoms with Crippen molar-refractivity contribution in [2.75, 3.05) is 26.5 Å². The fourth-order valence-electron chi connectivity index (χ4n) is 3.08. The highest BCUT2D eigenvalue weighted by Gasteiger charge is 2.29. The van der Waals surface area contributed by atoms with Gasteiger partial charge in [-0.05, 0) is 42.7 Å². The van der Waals surface area contributed by atoms with E-state index < -0.39 is 44.9 Å². The smallest absolute Gasteiger partial charge is 0.257 e. The van der Waals surface area contributed by atoms with Crippen LogP contribution in [0.25, 0.3) is 0 Å². The molecule has 33 heavy (non-hydrogen) atoms. The average molecular weight is 483 g/mol. The summed E-state index contributed by atoms with van der Waals surface area (Å²) in [6.45, 7) is 3.94. The third-order valence-electron chi connectivity index (χ3n) is 4.93. The molecule has 2 rings (SSSR count). The van der Waals surface area contributed by atoms with Crippen LogP contribution in [0.15, 0.2) is 47.4 Å². The van der Waals surface area contributed by atoms with Crippen LogP contribution < -0.4 is 10.1 Å². The summed E-state index contributed by atoms with van der Waals surface area (Å²) in [7, 11) is -1.79. The summed E-state index contributed by atoms with van der Waals surface area (Å²) in [4.78, 5) is 26.8. The molecular formula is C23H28F2N2O5S. The highest BCUT2D eigenvalue weighted by molar-refractivity contribution is 7.90. The molecule has 0 saturated carbocycles. The Kier molecular flexibility index (Phi) is 8.92. The van der Waals surface area contributed by atoms with Crippen LogP contribution in [0.4, 0.5) is 8.78 Å². The maximum absolute atomic E-state index is 13.9. The van der Waals surface area contributed by atoms with Crippen LogP contribution in [0.1, 0.15) is 30.6 Å². The molecule has 0 aliphatic rings. The number of nitrogens with one attached hydrogen (secondary N) is 1. The second-order valence-electron chi connectivity index (χ2n) is 8.00. The number of benzene rings is 2. The largest absolute Gasteiger partial charge is 0.493 e. The first kappa shape index (κ1) is 26.2. The van der Waals surface area contributed by atoms with E-state index in [4.69, 9.17) is 4.74 Å². The van der Waals surface area contributed by atoms with Gasteiger partial charge in [0.15, 0.2) is 9.84 Å². The van der Waals surface area contributed by atoms with Gasteiger partial charge in [0.25, 0.3) is 5.91 Å². The van der Waals surface area contributed by atoms with E-state index >= 15 is 0 Å². The van der Waals surface area contributed by atoms with Crippen LogP contribution in [0, 0.1) is 17.6 Å². The lowest BCUT2D eigenvalue weighted by Gasteiger charge is -2.27. The molecule has 10 heteroatoms. The van der Waals surface area contributed by atoms with Gasteiger partial charge in [0.2, 0.25) is 5.91 Å². The van der Waals surface area contributed by atoms with E-state index in [2.05, 4.69) is 5.32 Å². The number of rotatable bonds is 10. The van der Waals surface area contributed by atoms with Crippen molar-refractivity contribution in [2.24, 2.45) is 5.92 Å². The summed E-state index contributed by atoms with van der Waals surface area (Å²) >= 11 is 0. The zero-order valence-electron chi connectivity index (χ0n) is 19.0. The van der Waals surface area contributed by atoms with Crippen LogP contribution >= 0.6 is 0 Å². The number of sulfone groups is 1. The molecule has 0 bridgehead atoms. The predicted octanol–water partition coefficient (Wildman–Crippen LogP) is 3.05. The standard InChI is InChI=1S/C23H28F2N2O5S/c1-15(2)21(26-22(28)20-18(24)10-6-11-19(20)25)23(29)27(3)12-7-13-32-16-8-5-9-17(14-16)33(4,30)31/h5-6,8-11,14-15,21H,7,12-13H2,1-4H3,(H,26,28). The minimum absolute atomic E-state index is 0.147. The number of ether oxygens (including phenoxy) is 1. The van der Waals surface area contributed by atoms with E-state index in [0.717, 1.165) is 24.5 Å². The van der Waals surface area contributed by atoms with E-state index in [0.29, 0.717) is 12.2 Å². The Labute approximate surface area is 192 Å². The second-order valence-corrected chi connectivity index (χ2v) is 10.0. The highest BCUT2D eigenvalue weighted by Crippen LogP contribution is 2.18. The summed E-state index contributed by atoms with van der Waals surface area (Å²) < 4.78 is 56.6. The van der Waals surface area contributed by atoms with Crippen molar-refractivity contribution in [1.82, 2.24) is 10.2 Å². The van der Waals surface area contributed by atoms with Gasteiger partial charge in [0.05, 0.1) is 11.5 Å². The number of likely N-dealkylation sites (N-methyl/N-ethyl adjacent to an activating group) is 1. The quantitative estimate of drug-likeness (QED) is 0.526. The number of carbonyl (C=O) groups is 2. The molecule has 0 spiro atoms. The maximum atomic E-state index is 13.9. The first-order valence-corrected chi connectivity index (χ1v) is 12.2. The van der Waals surface area contributed by atoms with E-state index in [9.17, 15) is 26.8 Å². The van der Waals surface area contributed by atoms with Gasteiger partial charge >= 0.3 is 0 Å². The lowest BCUT2D eigenvalue weighted by atomic mass is 10.0. The lowest BCUT2D eigenvalue weighted by Crippen LogP contribution is -2.50. The topological polar surface area (TPSA) is 92.8 Å². The van der Waals surface area contributed by atoms with E-state index in [1.807, 2.05) is 0 Å². The monoisotopic (exact) mass is 482 g/mol. The number of nitrogens with zero attached hydrogens (tertiary/aromatic N) is 1. The highest BCUT2D eigenvalue weighted by atomic mass is 32.2. The molecule has 0 saturated heterocycles. The molecule has 2 aromatic rings. The molecule has 180 valence electrons. The van der Waals surface area contributed by atoms with Gasteiger partial charge in [0, 0.05) is 19.8 Å². The molecule has 2 aromatic carbocycles. The summed E-state index contributed by atoms with van der Waals surface area (Å²) in [5, 5.41) is 2.43. The third kappa shape index (κ3) is 7.24. The minimum atomic E-state index is -3.35. The first-order valence-electron chi connectivity index (χ1n) is 10.3. The first-order chi connectivity index (χ1) is 15.4. The molecule has 0 fully saturated rings. The van der Waals surface area contributed by atoms with Gasteiger partial charge in [-0.1, -0.05) is 26.0 Å². The Morgan fingerprint density at radius 3 is 2.27 bits per heavy atom.